The van der Waals surface area contributed by atoms with Crippen LogP contribution in [0.5, 0.6) is 0 Å². The number of benzene rings is 1. The predicted molar refractivity (Wildman–Crippen MR) is 70.1 cm³/mol. The zero-order valence-corrected chi connectivity index (χ0v) is 11.2. The number of rotatable bonds is 4. The molecule has 1 fully saturated rings. The fourth-order valence-corrected chi connectivity index (χ4v) is 2.44. The Morgan fingerprint density at radius 1 is 1.33 bits per heavy atom. The van der Waals surface area contributed by atoms with Crippen LogP contribution < -0.4 is 0 Å². The van der Waals surface area contributed by atoms with E-state index in [2.05, 4.69) is 0 Å². The van der Waals surface area contributed by atoms with Crippen molar-refractivity contribution in [3.05, 3.63) is 35.4 Å². The van der Waals surface area contributed by atoms with Crippen molar-refractivity contribution in [2.45, 2.75) is 51.6 Å². The van der Waals surface area contributed by atoms with Gasteiger partial charge in [-0.2, -0.15) is 0 Å². The van der Waals surface area contributed by atoms with Crippen LogP contribution in [0, 0.1) is 0 Å². The molecule has 0 saturated carbocycles. The molecular formula is C15H22O3. The van der Waals surface area contributed by atoms with Gasteiger partial charge < -0.3 is 14.6 Å². The van der Waals surface area contributed by atoms with Gasteiger partial charge in [-0.25, -0.2) is 0 Å². The average molecular weight is 250 g/mol. The van der Waals surface area contributed by atoms with Gasteiger partial charge in [0.25, 0.3) is 0 Å². The van der Waals surface area contributed by atoms with Gasteiger partial charge in [-0.1, -0.05) is 24.3 Å². The van der Waals surface area contributed by atoms with Crippen LogP contribution in [0.3, 0.4) is 0 Å². The van der Waals surface area contributed by atoms with Crippen LogP contribution in [0.4, 0.5) is 0 Å². The van der Waals surface area contributed by atoms with Crippen LogP contribution in [-0.4, -0.2) is 18.0 Å². The number of hydrogen-bond donors (Lipinski definition) is 1. The van der Waals surface area contributed by atoms with E-state index in [0.29, 0.717) is 0 Å². The van der Waals surface area contributed by atoms with E-state index < -0.39 is 5.60 Å². The summed E-state index contributed by atoms with van der Waals surface area (Å²) in [7, 11) is 0. The van der Waals surface area contributed by atoms with E-state index in [1.807, 2.05) is 38.1 Å². The molecule has 1 heterocycles. The van der Waals surface area contributed by atoms with E-state index in [9.17, 15) is 5.11 Å². The maximum absolute atomic E-state index is 9.40. The second kappa shape index (κ2) is 5.83. The topological polar surface area (TPSA) is 38.7 Å². The summed E-state index contributed by atoms with van der Waals surface area (Å²) >= 11 is 0. The zero-order chi connectivity index (χ0) is 13.0. The molecule has 2 rings (SSSR count). The number of aliphatic hydroxyl groups is 1. The summed E-state index contributed by atoms with van der Waals surface area (Å²) in [5.41, 5.74) is 1.50. The number of hydrogen-bond acceptors (Lipinski definition) is 3. The average Bonchev–Trinajstić information content (AvgIpc) is 2.39. The van der Waals surface area contributed by atoms with Crippen LogP contribution >= 0.6 is 0 Å². The lowest BCUT2D eigenvalue weighted by Gasteiger charge is -2.34. The second-order valence-corrected chi connectivity index (χ2v) is 5.24. The highest BCUT2D eigenvalue weighted by Gasteiger charge is 2.29. The van der Waals surface area contributed by atoms with Gasteiger partial charge in [-0.05, 0) is 44.2 Å². The molecule has 1 aromatic carbocycles. The van der Waals surface area contributed by atoms with Crippen molar-refractivity contribution in [3.63, 3.8) is 0 Å². The van der Waals surface area contributed by atoms with E-state index in [1.54, 1.807) is 0 Å². The first-order valence-corrected chi connectivity index (χ1v) is 6.62. The maximum Gasteiger partial charge on any atom is 0.158 e. The van der Waals surface area contributed by atoms with Crippen molar-refractivity contribution >= 4 is 0 Å². The highest BCUT2D eigenvalue weighted by atomic mass is 16.7. The molecule has 100 valence electrons. The van der Waals surface area contributed by atoms with Gasteiger partial charge in [-0.15, -0.1) is 0 Å². The predicted octanol–water partition coefficient (Wildman–Crippen LogP) is 2.96. The minimum Gasteiger partial charge on any atom is -0.392 e. The normalized spacial score (nSPS) is 20.9. The Balaban J connectivity index is 2.13. The quantitative estimate of drug-likeness (QED) is 0.893. The molecule has 1 aliphatic rings. The van der Waals surface area contributed by atoms with Crippen molar-refractivity contribution in [2.24, 2.45) is 0 Å². The minimum absolute atomic E-state index is 0.0362. The molecule has 0 bridgehead atoms. The monoisotopic (exact) mass is 250 g/mol. The molecule has 0 spiro atoms. The lowest BCUT2D eigenvalue weighted by atomic mass is 9.93. The van der Waals surface area contributed by atoms with Gasteiger partial charge in [0.2, 0.25) is 0 Å². The molecule has 1 N–H and O–H groups in total. The second-order valence-electron chi connectivity index (χ2n) is 5.24. The smallest absolute Gasteiger partial charge is 0.158 e. The Bertz CT molecular complexity index is 381. The molecule has 18 heavy (non-hydrogen) atoms. The Labute approximate surface area is 109 Å². The Morgan fingerprint density at radius 3 is 2.78 bits per heavy atom. The van der Waals surface area contributed by atoms with Gasteiger partial charge in [0.15, 0.2) is 6.29 Å². The third-order valence-electron chi connectivity index (χ3n) is 3.40. The van der Waals surface area contributed by atoms with E-state index in [1.165, 1.54) is 0 Å². The fraction of sp³-hybridized carbons (Fsp3) is 0.600. The van der Waals surface area contributed by atoms with Gasteiger partial charge in [0.05, 0.1) is 12.2 Å². The van der Waals surface area contributed by atoms with Crippen LogP contribution in [0.2, 0.25) is 0 Å². The molecule has 1 aliphatic heterocycles. The van der Waals surface area contributed by atoms with Crippen molar-refractivity contribution in [2.75, 3.05) is 6.61 Å². The van der Waals surface area contributed by atoms with Crippen LogP contribution in [0.25, 0.3) is 0 Å². The highest BCUT2D eigenvalue weighted by molar-refractivity contribution is 5.31. The molecule has 0 aromatic heterocycles. The van der Waals surface area contributed by atoms with Crippen LogP contribution in [0.1, 0.15) is 44.2 Å². The fourth-order valence-electron chi connectivity index (χ4n) is 2.44. The first-order valence-electron chi connectivity index (χ1n) is 6.62. The summed E-state index contributed by atoms with van der Waals surface area (Å²) in [6.45, 7) is 4.87. The highest BCUT2D eigenvalue weighted by Crippen LogP contribution is 2.31. The summed E-state index contributed by atoms with van der Waals surface area (Å²) in [5.74, 6) is 0. The summed E-state index contributed by atoms with van der Waals surface area (Å²) in [5, 5.41) is 9.40. The first-order chi connectivity index (χ1) is 8.63. The molecule has 0 aliphatic carbocycles. The number of ether oxygens (including phenoxy) is 2. The summed E-state index contributed by atoms with van der Waals surface area (Å²) in [6.07, 6.45) is 3.10. The summed E-state index contributed by atoms with van der Waals surface area (Å²) in [4.78, 5) is 0. The van der Waals surface area contributed by atoms with E-state index in [4.69, 9.17) is 9.47 Å². The van der Waals surface area contributed by atoms with E-state index in [-0.39, 0.29) is 12.9 Å². The molecule has 0 radical (unpaired) electrons. The summed E-state index contributed by atoms with van der Waals surface area (Å²) in [6, 6.07) is 7.85. The van der Waals surface area contributed by atoms with Gasteiger partial charge in [0.1, 0.15) is 0 Å². The van der Waals surface area contributed by atoms with Crippen molar-refractivity contribution in [1.82, 2.24) is 0 Å². The van der Waals surface area contributed by atoms with Crippen LogP contribution in [-0.2, 0) is 21.7 Å². The lowest BCUT2D eigenvalue weighted by molar-refractivity contribution is -0.219. The molecule has 1 unspecified atom stereocenters. The van der Waals surface area contributed by atoms with E-state index >= 15 is 0 Å². The zero-order valence-electron chi connectivity index (χ0n) is 11.2. The maximum atomic E-state index is 9.40. The molecule has 1 aromatic rings. The minimum atomic E-state index is -0.443. The molecule has 0 amide bonds. The van der Waals surface area contributed by atoms with E-state index in [0.717, 1.165) is 37.0 Å². The van der Waals surface area contributed by atoms with Gasteiger partial charge in [0, 0.05) is 6.61 Å². The Morgan fingerprint density at radius 2 is 2.11 bits per heavy atom. The third-order valence-corrected chi connectivity index (χ3v) is 3.40. The van der Waals surface area contributed by atoms with Crippen molar-refractivity contribution in [1.29, 1.82) is 0 Å². The Hall–Kier alpha value is -0.900. The summed E-state index contributed by atoms with van der Waals surface area (Å²) < 4.78 is 11.7. The van der Waals surface area contributed by atoms with Crippen LogP contribution in [0.15, 0.2) is 24.3 Å². The molecule has 1 atom stereocenters. The SMILES string of the molecule is CC(C)(OC1CCCCO1)c1ccccc1CO. The Kier molecular flexibility index (Phi) is 4.38. The van der Waals surface area contributed by atoms with Gasteiger partial charge >= 0.3 is 0 Å². The molecule has 3 heteroatoms. The molecule has 3 nitrogen and oxygen atoms in total. The van der Waals surface area contributed by atoms with Crippen molar-refractivity contribution in [3.8, 4) is 0 Å². The molecule has 1 saturated heterocycles. The molecular weight excluding hydrogens is 228 g/mol. The largest absolute Gasteiger partial charge is 0.392 e. The third kappa shape index (κ3) is 3.10. The van der Waals surface area contributed by atoms with Gasteiger partial charge in [-0.3, -0.25) is 0 Å². The number of aliphatic hydroxyl groups excluding tert-OH is 1. The van der Waals surface area contributed by atoms with Crippen molar-refractivity contribution < 1.29 is 14.6 Å². The first kappa shape index (κ1) is 13.5. The lowest BCUT2D eigenvalue weighted by Crippen LogP contribution is -2.33. The standard InChI is InChI=1S/C15H22O3/c1-15(2,18-14-9-5-6-10-17-14)13-8-4-3-7-12(13)11-16/h3-4,7-8,14,16H,5-6,9-11H2,1-2H3.